The molecule has 0 aliphatic heterocycles. The molecule has 0 atom stereocenters. The third-order valence-corrected chi connectivity index (χ3v) is 2.80. The van der Waals surface area contributed by atoms with Crippen LogP contribution >= 0.6 is 0 Å². The summed E-state index contributed by atoms with van der Waals surface area (Å²) < 4.78 is 7.29. The van der Waals surface area contributed by atoms with Gasteiger partial charge in [0, 0.05) is 25.4 Å². The van der Waals surface area contributed by atoms with Gasteiger partial charge in [0.2, 0.25) is 0 Å². The van der Waals surface area contributed by atoms with Crippen LogP contribution in [0.25, 0.3) is 0 Å². The second-order valence-electron chi connectivity index (χ2n) is 4.10. The third kappa shape index (κ3) is 3.04. The number of nitrogens with two attached hydrogens (primary N) is 1. The summed E-state index contributed by atoms with van der Waals surface area (Å²) in [5, 5.41) is 13.0. The van der Waals surface area contributed by atoms with Crippen molar-refractivity contribution in [2.45, 2.75) is 6.42 Å². The van der Waals surface area contributed by atoms with Crippen LogP contribution in [0.3, 0.4) is 0 Å². The van der Waals surface area contributed by atoms with Gasteiger partial charge in [-0.1, -0.05) is 0 Å². The van der Waals surface area contributed by atoms with Crippen LogP contribution < -0.4 is 10.5 Å². The Kier molecular flexibility index (Phi) is 3.70. The summed E-state index contributed by atoms with van der Waals surface area (Å²) in [6, 6.07) is 6.32. The Morgan fingerprint density at radius 3 is 2.89 bits per heavy atom. The highest BCUT2D eigenvalue weighted by Crippen LogP contribution is 2.23. The lowest BCUT2D eigenvalue weighted by Gasteiger charge is -2.09. The normalized spacial score (nSPS) is 10.4. The first-order valence-corrected chi connectivity index (χ1v) is 5.80. The van der Waals surface area contributed by atoms with Gasteiger partial charge in [-0.2, -0.15) is 5.10 Å². The summed E-state index contributed by atoms with van der Waals surface area (Å²) in [5.74, 6) is -0.612. The number of ether oxygens (including phenoxy) is 1. The first kappa shape index (κ1) is 12.9. The van der Waals surface area contributed by atoms with Crippen molar-refractivity contribution in [1.29, 1.82) is 0 Å². The van der Waals surface area contributed by atoms with Crippen molar-refractivity contribution in [1.82, 2.24) is 9.78 Å². The summed E-state index contributed by atoms with van der Waals surface area (Å²) in [4.78, 5) is 10.9. The number of aryl methyl sites for hydroxylation is 1. The molecular formula is C13H15N3O3. The molecule has 1 aromatic carbocycles. The van der Waals surface area contributed by atoms with Gasteiger partial charge in [0.25, 0.3) is 0 Å². The molecule has 0 unspecified atom stereocenters. The largest absolute Gasteiger partial charge is 0.491 e. The van der Waals surface area contributed by atoms with Gasteiger partial charge >= 0.3 is 5.97 Å². The van der Waals surface area contributed by atoms with Crippen LogP contribution in [-0.2, 0) is 13.5 Å². The SMILES string of the molecule is Cn1nccc1CCOc1cc(C(=O)O)ccc1N. The maximum Gasteiger partial charge on any atom is 0.335 e. The van der Waals surface area contributed by atoms with E-state index in [4.69, 9.17) is 15.6 Å². The molecule has 0 amide bonds. The minimum atomic E-state index is -1.00. The summed E-state index contributed by atoms with van der Waals surface area (Å²) in [6.45, 7) is 0.410. The zero-order chi connectivity index (χ0) is 13.8. The van der Waals surface area contributed by atoms with Crippen molar-refractivity contribution >= 4 is 11.7 Å². The number of nitrogens with zero attached hydrogens (tertiary/aromatic N) is 2. The van der Waals surface area contributed by atoms with E-state index in [-0.39, 0.29) is 5.56 Å². The average molecular weight is 261 g/mol. The Hall–Kier alpha value is -2.50. The number of carboxylic acids is 1. The van der Waals surface area contributed by atoms with Gasteiger partial charge in [-0.25, -0.2) is 4.79 Å². The first-order chi connectivity index (χ1) is 9.08. The van der Waals surface area contributed by atoms with Crippen molar-refractivity contribution in [2.24, 2.45) is 7.05 Å². The molecule has 0 saturated carbocycles. The predicted octanol–water partition coefficient (Wildman–Crippen LogP) is 1.32. The topological polar surface area (TPSA) is 90.4 Å². The van der Waals surface area contributed by atoms with E-state index in [1.165, 1.54) is 18.2 Å². The molecule has 0 aliphatic rings. The van der Waals surface area contributed by atoms with Crippen molar-refractivity contribution in [2.75, 3.05) is 12.3 Å². The number of hydrogen-bond donors (Lipinski definition) is 2. The van der Waals surface area contributed by atoms with E-state index in [9.17, 15) is 4.79 Å². The molecule has 3 N–H and O–H groups in total. The Morgan fingerprint density at radius 2 is 2.26 bits per heavy atom. The van der Waals surface area contributed by atoms with E-state index in [1.807, 2.05) is 13.1 Å². The van der Waals surface area contributed by atoms with Crippen LogP contribution in [0.1, 0.15) is 16.1 Å². The molecule has 2 aromatic rings. The fourth-order valence-corrected chi connectivity index (χ4v) is 1.70. The molecule has 19 heavy (non-hydrogen) atoms. The highest BCUT2D eigenvalue weighted by molar-refractivity contribution is 5.89. The smallest absolute Gasteiger partial charge is 0.335 e. The maximum absolute atomic E-state index is 10.9. The molecule has 1 aromatic heterocycles. The van der Waals surface area contributed by atoms with Crippen LogP contribution in [0.15, 0.2) is 30.5 Å². The summed E-state index contributed by atoms with van der Waals surface area (Å²) in [6.07, 6.45) is 2.39. The molecular weight excluding hydrogens is 246 g/mol. The van der Waals surface area contributed by atoms with Crippen LogP contribution in [0.2, 0.25) is 0 Å². The van der Waals surface area contributed by atoms with E-state index in [2.05, 4.69) is 5.10 Å². The molecule has 0 spiro atoms. The van der Waals surface area contributed by atoms with Gasteiger partial charge in [-0.3, -0.25) is 4.68 Å². The summed E-state index contributed by atoms with van der Waals surface area (Å²) >= 11 is 0. The summed E-state index contributed by atoms with van der Waals surface area (Å²) in [7, 11) is 1.86. The monoisotopic (exact) mass is 261 g/mol. The second-order valence-corrected chi connectivity index (χ2v) is 4.10. The Labute approximate surface area is 110 Å². The van der Waals surface area contributed by atoms with E-state index >= 15 is 0 Å². The van der Waals surface area contributed by atoms with Gasteiger partial charge in [0.15, 0.2) is 0 Å². The number of carboxylic acid groups (broad SMARTS) is 1. The van der Waals surface area contributed by atoms with Gasteiger partial charge < -0.3 is 15.6 Å². The van der Waals surface area contributed by atoms with Crippen LogP contribution in [0.5, 0.6) is 5.75 Å². The molecule has 1 heterocycles. The predicted molar refractivity (Wildman–Crippen MR) is 70.2 cm³/mol. The third-order valence-electron chi connectivity index (χ3n) is 2.80. The van der Waals surface area contributed by atoms with Crippen LogP contribution in [-0.4, -0.2) is 27.5 Å². The molecule has 0 fully saturated rings. The van der Waals surface area contributed by atoms with Gasteiger partial charge in [0.05, 0.1) is 17.9 Å². The van der Waals surface area contributed by atoms with Gasteiger partial charge in [0.1, 0.15) is 5.75 Å². The van der Waals surface area contributed by atoms with E-state index in [0.29, 0.717) is 24.5 Å². The molecule has 0 aliphatic carbocycles. The molecule has 6 nitrogen and oxygen atoms in total. The lowest BCUT2D eigenvalue weighted by atomic mass is 10.2. The maximum atomic E-state index is 10.9. The Bertz CT molecular complexity index is 593. The van der Waals surface area contributed by atoms with Crippen molar-refractivity contribution in [3.63, 3.8) is 0 Å². The van der Waals surface area contributed by atoms with Crippen molar-refractivity contribution in [3.8, 4) is 5.75 Å². The number of aromatic carboxylic acids is 1. The number of aromatic nitrogens is 2. The van der Waals surface area contributed by atoms with Crippen molar-refractivity contribution < 1.29 is 14.6 Å². The lowest BCUT2D eigenvalue weighted by molar-refractivity contribution is 0.0696. The minimum absolute atomic E-state index is 0.157. The van der Waals surface area contributed by atoms with E-state index in [1.54, 1.807) is 10.9 Å². The first-order valence-electron chi connectivity index (χ1n) is 5.80. The molecule has 100 valence electrons. The highest BCUT2D eigenvalue weighted by Gasteiger charge is 2.08. The average Bonchev–Trinajstić information content (AvgIpc) is 2.77. The number of nitrogen functional groups attached to an aromatic ring is 1. The molecule has 6 heteroatoms. The van der Waals surface area contributed by atoms with Gasteiger partial charge in [-0.15, -0.1) is 0 Å². The highest BCUT2D eigenvalue weighted by atomic mass is 16.5. The molecule has 0 bridgehead atoms. The van der Waals surface area contributed by atoms with Crippen molar-refractivity contribution in [3.05, 3.63) is 41.7 Å². The Balaban J connectivity index is 2.01. The minimum Gasteiger partial charge on any atom is -0.491 e. The Morgan fingerprint density at radius 1 is 1.47 bits per heavy atom. The zero-order valence-electron chi connectivity index (χ0n) is 10.5. The van der Waals surface area contributed by atoms with Gasteiger partial charge in [-0.05, 0) is 24.3 Å². The lowest BCUT2D eigenvalue weighted by Crippen LogP contribution is -2.08. The standard InChI is InChI=1S/C13H15N3O3/c1-16-10(4-6-15-16)5-7-19-12-8-9(13(17)18)2-3-11(12)14/h2-4,6,8H,5,7,14H2,1H3,(H,17,18). The fraction of sp³-hybridized carbons (Fsp3) is 0.231. The van der Waals surface area contributed by atoms with Crippen LogP contribution in [0.4, 0.5) is 5.69 Å². The molecule has 0 radical (unpaired) electrons. The number of rotatable bonds is 5. The quantitative estimate of drug-likeness (QED) is 0.792. The van der Waals surface area contributed by atoms with E-state index in [0.717, 1.165) is 5.69 Å². The molecule has 0 saturated heterocycles. The number of hydrogen-bond acceptors (Lipinski definition) is 4. The van der Waals surface area contributed by atoms with Crippen LogP contribution in [0, 0.1) is 0 Å². The number of benzene rings is 1. The number of anilines is 1. The van der Waals surface area contributed by atoms with E-state index < -0.39 is 5.97 Å². The number of carbonyl (C=O) groups is 1. The zero-order valence-corrected chi connectivity index (χ0v) is 10.5. The summed E-state index contributed by atoms with van der Waals surface area (Å²) in [5.41, 5.74) is 7.36. The molecule has 2 rings (SSSR count). The second kappa shape index (κ2) is 5.43. The fourth-order valence-electron chi connectivity index (χ4n) is 1.70.